The summed E-state index contributed by atoms with van der Waals surface area (Å²) >= 11 is 2.18. The second kappa shape index (κ2) is 4.89. The Morgan fingerprint density at radius 3 is 2.57 bits per heavy atom. The molecular formula is C8H15IN2O2S. The quantitative estimate of drug-likeness (QED) is 0.623. The molecule has 0 saturated carbocycles. The molecule has 14 heavy (non-hydrogen) atoms. The lowest BCUT2D eigenvalue weighted by atomic mass is 10.1. The van der Waals surface area contributed by atoms with Crippen molar-refractivity contribution in [3.63, 3.8) is 0 Å². The van der Waals surface area contributed by atoms with Crippen LogP contribution in [0.1, 0.15) is 20.8 Å². The van der Waals surface area contributed by atoms with Gasteiger partial charge in [0, 0.05) is 34.3 Å². The molecule has 0 aromatic heterocycles. The smallest absolute Gasteiger partial charge is 0.410 e. The number of amides is 1. The Kier molecular flexibility index (Phi) is 4.32. The van der Waals surface area contributed by atoms with E-state index in [1.165, 1.54) is 0 Å². The molecule has 1 heterocycles. The number of nitrogens with zero attached hydrogens (tertiary/aromatic N) is 1. The van der Waals surface area contributed by atoms with Crippen LogP contribution in [-0.4, -0.2) is 35.7 Å². The third-order valence-corrected chi connectivity index (χ3v) is 2.93. The van der Waals surface area contributed by atoms with Gasteiger partial charge in [0.25, 0.3) is 0 Å². The number of carbonyl (C=O) groups excluding carboxylic acids is 1. The summed E-state index contributed by atoms with van der Waals surface area (Å²) in [5, 5.41) is 0. The highest BCUT2D eigenvalue weighted by molar-refractivity contribution is 14.2. The summed E-state index contributed by atoms with van der Waals surface area (Å²) in [6.07, 6.45) is -0.214. The van der Waals surface area contributed by atoms with Gasteiger partial charge in [0.15, 0.2) is 0 Å². The number of likely N-dealkylation sites (tertiary alicyclic amines) is 1. The SMILES string of the molecule is CC(C)(C)OC(=O)N1CC(NSI)C1. The number of hydrogen-bond acceptors (Lipinski definition) is 4. The van der Waals surface area contributed by atoms with Crippen molar-refractivity contribution in [3.8, 4) is 0 Å². The lowest BCUT2D eigenvalue weighted by molar-refractivity contribution is 0.00770. The molecule has 0 radical (unpaired) electrons. The molecule has 1 amide bonds. The van der Waals surface area contributed by atoms with Crippen LogP contribution in [0.3, 0.4) is 0 Å². The van der Waals surface area contributed by atoms with Crippen LogP contribution in [-0.2, 0) is 4.74 Å². The second-order valence-electron chi connectivity index (χ2n) is 4.28. The van der Waals surface area contributed by atoms with Crippen LogP contribution in [0.4, 0.5) is 4.79 Å². The van der Waals surface area contributed by atoms with Gasteiger partial charge in [-0.15, -0.1) is 0 Å². The molecule has 82 valence electrons. The van der Waals surface area contributed by atoms with Crippen molar-refractivity contribution in [1.29, 1.82) is 0 Å². The predicted octanol–water partition coefficient (Wildman–Crippen LogP) is 2.19. The molecule has 4 nitrogen and oxygen atoms in total. The highest BCUT2D eigenvalue weighted by Gasteiger charge is 2.33. The molecular weight excluding hydrogens is 315 g/mol. The van der Waals surface area contributed by atoms with Crippen LogP contribution in [0.2, 0.25) is 0 Å². The molecule has 0 spiro atoms. The maximum atomic E-state index is 11.5. The minimum atomic E-state index is -0.395. The first-order valence-corrected chi connectivity index (χ1v) is 7.79. The second-order valence-corrected chi connectivity index (χ2v) is 5.99. The average Bonchev–Trinajstić information content (AvgIpc) is 1.91. The first-order chi connectivity index (χ1) is 6.42. The van der Waals surface area contributed by atoms with E-state index in [9.17, 15) is 4.79 Å². The Bertz CT molecular complexity index is 214. The van der Waals surface area contributed by atoms with Crippen molar-refractivity contribution in [2.24, 2.45) is 0 Å². The van der Waals surface area contributed by atoms with Gasteiger partial charge in [-0.05, 0) is 29.9 Å². The standard InChI is InChI=1S/C8H15IN2O2S/c1-8(2,3)13-7(12)11-4-6(5-11)10-14-9/h6,10H,4-5H2,1-3H3. The van der Waals surface area contributed by atoms with Crippen LogP contribution in [0.25, 0.3) is 0 Å². The summed E-state index contributed by atoms with van der Waals surface area (Å²) < 4.78 is 8.40. The van der Waals surface area contributed by atoms with E-state index in [4.69, 9.17) is 4.74 Å². The molecule has 0 aliphatic carbocycles. The maximum Gasteiger partial charge on any atom is 0.410 e. The van der Waals surface area contributed by atoms with Gasteiger partial charge in [0.2, 0.25) is 0 Å². The zero-order valence-electron chi connectivity index (χ0n) is 8.54. The van der Waals surface area contributed by atoms with Gasteiger partial charge in [-0.3, -0.25) is 0 Å². The van der Waals surface area contributed by atoms with Crippen LogP contribution in [0.5, 0.6) is 0 Å². The fourth-order valence-corrected chi connectivity index (χ4v) is 2.45. The molecule has 0 bridgehead atoms. The van der Waals surface area contributed by atoms with Crippen LogP contribution < -0.4 is 4.72 Å². The number of ether oxygens (including phenoxy) is 1. The summed E-state index contributed by atoms with van der Waals surface area (Å²) in [6, 6.07) is 0.407. The summed E-state index contributed by atoms with van der Waals surface area (Å²) in [4.78, 5) is 13.2. The van der Waals surface area contributed by atoms with E-state index in [-0.39, 0.29) is 6.09 Å². The highest BCUT2D eigenvalue weighted by atomic mass is 127. The molecule has 0 atom stereocenters. The van der Waals surface area contributed by atoms with Crippen molar-refractivity contribution < 1.29 is 9.53 Å². The molecule has 1 N–H and O–H groups in total. The van der Waals surface area contributed by atoms with E-state index >= 15 is 0 Å². The van der Waals surface area contributed by atoms with E-state index in [2.05, 4.69) is 25.9 Å². The lowest BCUT2D eigenvalue weighted by Crippen LogP contribution is -2.58. The maximum absolute atomic E-state index is 11.5. The normalized spacial score (nSPS) is 17.9. The third-order valence-electron chi connectivity index (χ3n) is 1.74. The number of nitrogens with one attached hydrogen (secondary N) is 1. The van der Waals surface area contributed by atoms with E-state index < -0.39 is 5.60 Å². The van der Waals surface area contributed by atoms with Gasteiger partial charge in [-0.25, -0.2) is 9.52 Å². The fourth-order valence-electron chi connectivity index (χ4n) is 1.09. The fraction of sp³-hybridized carbons (Fsp3) is 0.875. The van der Waals surface area contributed by atoms with E-state index in [0.29, 0.717) is 6.04 Å². The van der Waals surface area contributed by atoms with Crippen molar-refractivity contribution in [3.05, 3.63) is 0 Å². The van der Waals surface area contributed by atoms with Gasteiger partial charge in [0.05, 0.1) is 6.04 Å². The van der Waals surface area contributed by atoms with Crippen LogP contribution >= 0.6 is 30.3 Å². The lowest BCUT2D eigenvalue weighted by Gasteiger charge is -2.39. The topological polar surface area (TPSA) is 41.6 Å². The van der Waals surface area contributed by atoms with Crippen LogP contribution in [0.15, 0.2) is 0 Å². The van der Waals surface area contributed by atoms with Gasteiger partial charge in [0.1, 0.15) is 5.60 Å². The first kappa shape index (κ1) is 12.4. The van der Waals surface area contributed by atoms with Gasteiger partial charge in [-0.2, -0.15) is 0 Å². The summed E-state index contributed by atoms with van der Waals surface area (Å²) in [6.45, 7) is 7.11. The number of hydrogen-bond donors (Lipinski definition) is 1. The van der Waals surface area contributed by atoms with E-state index in [1.54, 1.807) is 14.0 Å². The van der Waals surface area contributed by atoms with Crippen molar-refractivity contribution >= 4 is 36.4 Å². The van der Waals surface area contributed by atoms with Crippen molar-refractivity contribution in [2.45, 2.75) is 32.4 Å². The molecule has 0 unspecified atom stereocenters. The van der Waals surface area contributed by atoms with Gasteiger partial charge in [-0.1, -0.05) is 0 Å². The van der Waals surface area contributed by atoms with Crippen molar-refractivity contribution in [1.82, 2.24) is 9.62 Å². The minimum Gasteiger partial charge on any atom is -0.444 e. The Balaban J connectivity index is 2.23. The third kappa shape index (κ3) is 3.82. The first-order valence-electron chi connectivity index (χ1n) is 4.43. The molecule has 1 aliphatic heterocycles. The molecule has 6 heteroatoms. The molecule has 0 aromatic carbocycles. The molecule has 1 fully saturated rings. The van der Waals surface area contributed by atoms with Gasteiger partial charge >= 0.3 is 6.09 Å². The Labute approximate surface area is 101 Å². The van der Waals surface area contributed by atoms with Crippen LogP contribution in [0, 0.1) is 0 Å². The molecule has 1 aliphatic rings. The molecule has 0 aromatic rings. The molecule has 1 rings (SSSR count). The number of halogens is 1. The monoisotopic (exact) mass is 330 g/mol. The Morgan fingerprint density at radius 2 is 2.14 bits per heavy atom. The highest BCUT2D eigenvalue weighted by Crippen LogP contribution is 2.17. The summed E-state index contributed by atoms with van der Waals surface area (Å²) in [5.74, 6) is 0. The Hall–Kier alpha value is 0.310. The van der Waals surface area contributed by atoms with E-state index in [1.807, 2.05) is 20.8 Å². The summed E-state index contributed by atoms with van der Waals surface area (Å²) in [7, 11) is 1.55. The largest absolute Gasteiger partial charge is 0.444 e. The minimum absolute atomic E-state index is 0.214. The van der Waals surface area contributed by atoms with Gasteiger partial charge < -0.3 is 9.64 Å². The Morgan fingerprint density at radius 1 is 1.57 bits per heavy atom. The predicted molar refractivity (Wildman–Crippen MR) is 66.3 cm³/mol. The zero-order chi connectivity index (χ0) is 10.8. The summed E-state index contributed by atoms with van der Waals surface area (Å²) in [5.41, 5.74) is -0.395. The average molecular weight is 330 g/mol. The molecule has 1 saturated heterocycles. The zero-order valence-corrected chi connectivity index (χ0v) is 11.5. The van der Waals surface area contributed by atoms with Crippen molar-refractivity contribution in [2.75, 3.05) is 13.1 Å². The number of rotatable bonds is 2. The van der Waals surface area contributed by atoms with E-state index in [0.717, 1.165) is 13.1 Å². The number of carbonyl (C=O) groups is 1.